The van der Waals surface area contributed by atoms with Crippen LogP contribution >= 0.6 is 11.6 Å². The summed E-state index contributed by atoms with van der Waals surface area (Å²) < 4.78 is 5.80. The second-order valence-electron chi connectivity index (χ2n) is 8.11. The van der Waals surface area contributed by atoms with E-state index < -0.39 is 0 Å². The standard InChI is InChI=1S/C23H26ClNO3/c24-20-7-5-17(6-8-20)14-23(16-26)9-11-25(12-10-23)22(27)19-13-18-3-1-2-4-21(18)28-15-19/h1-8,19,26H,9-16H2. The van der Waals surface area contributed by atoms with E-state index in [0.29, 0.717) is 19.7 Å². The molecule has 1 fully saturated rings. The normalized spacial score (nSPS) is 20.9. The number of amides is 1. The van der Waals surface area contributed by atoms with E-state index in [2.05, 4.69) is 0 Å². The minimum absolute atomic E-state index is 0.118. The monoisotopic (exact) mass is 399 g/mol. The number of aliphatic hydroxyl groups excluding tert-OH is 1. The number of nitrogens with zero attached hydrogens (tertiary/aromatic N) is 1. The molecule has 1 amide bonds. The third-order valence-electron chi connectivity index (χ3n) is 6.19. The number of para-hydroxylation sites is 1. The molecule has 0 radical (unpaired) electrons. The van der Waals surface area contributed by atoms with Crippen LogP contribution in [0.25, 0.3) is 0 Å². The van der Waals surface area contributed by atoms with Gasteiger partial charge in [-0.3, -0.25) is 4.79 Å². The third-order valence-corrected chi connectivity index (χ3v) is 6.44. The average Bonchev–Trinajstić information content (AvgIpc) is 2.75. The van der Waals surface area contributed by atoms with Gasteiger partial charge in [-0.15, -0.1) is 0 Å². The maximum Gasteiger partial charge on any atom is 0.229 e. The van der Waals surface area contributed by atoms with Crippen molar-refractivity contribution in [1.29, 1.82) is 0 Å². The summed E-state index contributed by atoms with van der Waals surface area (Å²) in [6.07, 6.45) is 3.16. The van der Waals surface area contributed by atoms with Gasteiger partial charge in [-0.05, 0) is 55.0 Å². The highest BCUT2D eigenvalue weighted by molar-refractivity contribution is 6.30. The molecule has 2 heterocycles. The summed E-state index contributed by atoms with van der Waals surface area (Å²) in [4.78, 5) is 15.0. The van der Waals surface area contributed by atoms with Crippen LogP contribution in [-0.4, -0.2) is 42.2 Å². The van der Waals surface area contributed by atoms with Gasteiger partial charge in [0.2, 0.25) is 5.91 Å². The zero-order valence-electron chi connectivity index (χ0n) is 15.9. The second-order valence-corrected chi connectivity index (χ2v) is 8.54. The summed E-state index contributed by atoms with van der Waals surface area (Å²) in [5.41, 5.74) is 2.12. The van der Waals surface area contributed by atoms with Gasteiger partial charge in [0.25, 0.3) is 0 Å². The Morgan fingerprint density at radius 3 is 2.57 bits per heavy atom. The minimum atomic E-state index is -0.166. The van der Waals surface area contributed by atoms with Gasteiger partial charge in [0.1, 0.15) is 12.4 Å². The quantitative estimate of drug-likeness (QED) is 0.852. The summed E-state index contributed by atoms with van der Waals surface area (Å²) in [6.45, 7) is 1.95. The topological polar surface area (TPSA) is 49.8 Å². The Balaban J connectivity index is 1.37. The Morgan fingerprint density at radius 1 is 1.14 bits per heavy atom. The number of ether oxygens (including phenoxy) is 1. The number of rotatable bonds is 4. The van der Waals surface area contributed by atoms with Crippen molar-refractivity contribution in [3.63, 3.8) is 0 Å². The molecule has 5 heteroatoms. The van der Waals surface area contributed by atoms with Crippen LogP contribution in [0.5, 0.6) is 5.75 Å². The van der Waals surface area contributed by atoms with Gasteiger partial charge >= 0.3 is 0 Å². The molecule has 0 aliphatic carbocycles. The first-order valence-electron chi connectivity index (χ1n) is 9.93. The van der Waals surface area contributed by atoms with Crippen LogP contribution in [-0.2, 0) is 17.6 Å². The smallest absolute Gasteiger partial charge is 0.229 e. The van der Waals surface area contributed by atoms with Crippen molar-refractivity contribution < 1.29 is 14.6 Å². The molecular weight excluding hydrogens is 374 g/mol. The number of piperidine rings is 1. The van der Waals surface area contributed by atoms with Crippen LogP contribution < -0.4 is 4.74 Å². The Labute approximate surface area is 171 Å². The maximum atomic E-state index is 13.0. The molecule has 0 spiro atoms. The lowest BCUT2D eigenvalue weighted by atomic mass is 9.74. The summed E-state index contributed by atoms with van der Waals surface area (Å²) in [7, 11) is 0. The van der Waals surface area contributed by atoms with Gasteiger partial charge in [0.15, 0.2) is 0 Å². The first-order valence-corrected chi connectivity index (χ1v) is 10.3. The van der Waals surface area contributed by atoms with E-state index >= 15 is 0 Å². The van der Waals surface area contributed by atoms with E-state index in [9.17, 15) is 9.90 Å². The van der Waals surface area contributed by atoms with Crippen LogP contribution in [0.4, 0.5) is 0 Å². The molecule has 1 unspecified atom stereocenters. The average molecular weight is 400 g/mol. The molecule has 1 saturated heterocycles. The molecule has 4 rings (SSSR count). The predicted octanol–water partition coefficient (Wildman–Crippen LogP) is 3.73. The fourth-order valence-electron chi connectivity index (χ4n) is 4.37. The van der Waals surface area contributed by atoms with E-state index in [1.165, 1.54) is 5.56 Å². The van der Waals surface area contributed by atoms with E-state index in [1.54, 1.807) is 0 Å². The van der Waals surface area contributed by atoms with Crippen LogP contribution in [0.1, 0.15) is 24.0 Å². The lowest BCUT2D eigenvalue weighted by molar-refractivity contribution is -0.139. The molecule has 2 aromatic rings. The molecular formula is C23H26ClNO3. The van der Waals surface area contributed by atoms with Crippen molar-refractivity contribution in [2.75, 3.05) is 26.3 Å². The largest absolute Gasteiger partial charge is 0.492 e. The van der Waals surface area contributed by atoms with Gasteiger partial charge in [0, 0.05) is 30.1 Å². The number of benzene rings is 2. The van der Waals surface area contributed by atoms with Crippen molar-refractivity contribution in [2.24, 2.45) is 11.3 Å². The van der Waals surface area contributed by atoms with Gasteiger partial charge in [-0.25, -0.2) is 0 Å². The second kappa shape index (κ2) is 8.14. The lowest BCUT2D eigenvalue weighted by Crippen LogP contribution is -2.49. The summed E-state index contributed by atoms with van der Waals surface area (Å²) in [5, 5.41) is 10.8. The van der Waals surface area contributed by atoms with E-state index in [-0.39, 0.29) is 23.8 Å². The Bertz CT molecular complexity index is 828. The molecule has 0 saturated carbocycles. The molecule has 1 N–H and O–H groups in total. The number of aliphatic hydroxyl groups is 1. The van der Waals surface area contributed by atoms with Gasteiger partial charge in [-0.1, -0.05) is 41.9 Å². The van der Waals surface area contributed by atoms with Crippen LogP contribution in [0.2, 0.25) is 5.02 Å². The van der Waals surface area contributed by atoms with Gasteiger partial charge in [0.05, 0.1) is 5.92 Å². The van der Waals surface area contributed by atoms with Crippen LogP contribution in [0, 0.1) is 11.3 Å². The zero-order valence-corrected chi connectivity index (χ0v) is 16.7. The number of likely N-dealkylation sites (tertiary alicyclic amines) is 1. The lowest BCUT2D eigenvalue weighted by Gasteiger charge is -2.42. The predicted molar refractivity (Wildman–Crippen MR) is 110 cm³/mol. The first-order chi connectivity index (χ1) is 13.6. The molecule has 1 atom stereocenters. The van der Waals surface area contributed by atoms with E-state index in [0.717, 1.165) is 42.0 Å². The Morgan fingerprint density at radius 2 is 1.86 bits per heavy atom. The van der Waals surface area contributed by atoms with Crippen LogP contribution in [0.15, 0.2) is 48.5 Å². The van der Waals surface area contributed by atoms with Gasteiger partial charge in [-0.2, -0.15) is 0 Å². The number of carbonyl (C=O) groups is 1. The molecule has 2 aliphatic heterocycles. The zero-order chi connectivity index (χ0) is 19.6. The van der Waals surface area contributed by atoms with Crippen molar-refractivity contribution >= 4 is 17.5 Å². The molecule has 148 valence electrons. The summed E-state index contributed by atoms with van der Waals surface area (Å²) in [6, 6.07) is 15.8. The number of fused-ring (bicyclic) bond motifs is 1. The highest BCUT2D eigenvalue weighted by atomic mass is 35.5. The Hall–Kier alpha value is -2.04. The molecule has 2 aliphatic rings. The molecule has 28 heavy (non-hydrogen) atoms. The molecule has 0 aromatic heterocycles. The number of carbonyl (C=O) groups excluding carboxylic acids is 1. The van der Waals surface area contributed by atoms with Crippen molar-refractivity contribution in [3.05, 3.63) is 64.7 Å². The maximum absolute atomic E-state index is 13.0. The van der Waals surface area contributed by atoms with Crippen molar-refractivity contribution in [2.45, 2.75) is 25.7 Å². The SMILES string of the molecule is O=C(C1COc2ccccc2C1)N1CCC(CO)(Cc2ccc(Cl)cc2)CC1. The minimum Gasteiger partial charge on any atom is -0.492 e. The van der Waals surface area contributed by atoms with Crippen molar-refractivity contribution in [3.8, 4) is 5.75 Å². The van der Waals surface area contributed by atoms with Crippen LogP contribution in [0.3, 0.4) is 0 Å². The van der Waals surface area contributed by atoms with E-state index in [1.807, 2.05) is 53.4 Å². The number of hydrogen-bond donors (Lipinski definition) is 1. The van der Waals surface area contributed by atoms with Crippen molar-refractivity contribution in [1.82, 2.24) is 4.90 Å². The summed E-state index contributed by atoms with van der Waals surface area (Å²) in [5.74, 6) is 0.952. The summed E-state index contributed by atoms with van der Waals surface area (Å²) >= 11 is 5.98. The fraction of sp³-hybridized carbons (Fsp3) is 0.435. The Kier molecular flexibility index (Phi) is 5.61. The number of hydrogen-bond acceptors (Lipinski definition) is 3. The highest BCUT2D eigenvalue weighted by Gasteiger charge is 2.38. The molecule has 2 aromatic carbocycles. The molecule has 0 bridgehead atoms. The highest BCUT2D eigenvalue weighted by Crippen LogP contribution is 2.36. The van der Waals surface area contributed by atoms with E-state index in [4.69, 9.17) is 16.3 Å². The molecule has 4 nitrogen and oxygen atoms in total. The van der Waals surface area contributed by atoms with Gasteiger partial charge < -0.3 is 14.7 Å². The fourth-order valence-corrected chi connectivity index (χ4v) is 4.50. The third kappa shape index (κ3) is 4.03. The number of halogens is 1. The first kappa shape index (κ1) is 19.3.